The molecule has 2 aliphatic heterocycles. The molecule has 1 atom stereocenters. The molecule has 3 rings (SSSR count). The molecule has 1 fully saturated rings. The molecule has 7 nitrogen and oxygen atoms in total. The first kappa shape index (κ1) is 21.2. The lowest BCUT2D eigenvalue weighted by atomic mass is 9.95. The van der Waals surface area contributed by atoms with E-state index in [0.29, 0.717) is 24.4 Å². The maximum atomic E-state index is 12.9. The number of amides is 2. The number of esters is 1. The standard InChI is InChI=1S/C22H31N3O4/c1-3-28-17-11-9-16(10-12-17)20-19(21(26)29-4-2)18(23-22(27)24-20)15-25-13-7-5-6-8-14-25/h9-12,20H,3-8,13-15H2,1-2H3,(H2,23,24,27)/t20-/m0/s1. The number of carbonyl (C=O) groups is 2. The van der Waals surface area contributed by atoms with Crippen LogP contribution in [0.15, 0.2) is 35.5 Å². The van der Waals surface area contributed by atoms with Crippen molar-refractivity contribution in [2.24, 2.45) is 0 Å². The van der Waals surface area contributed by atoms with Crippen LogP contribution in [0, 0.1) is 0 Å². The highest BCUT2D eigenvalue weighted by Gasteiger charge is 2.34. The molecule has 0 bridgehead atoms. The van der Waals surface area contributed by atoms with Crippen LogP contribution in [-0.2, 0) is 9.53 Å². The Kier molecular flexibility index (Phi) is 7.52. The van der Waals surface area contributed by atoms with Crippen molar-refractivity contribution in [3.05, 3.63) is 41.1 Å². The molecule has 1 saturated heterocycles. The van der Waals surface area contributed by atoms with Crippen molar-refractivity contribution in [1.29, 1.82) is 0 Å². The zero-order valence-corrected chi connectivity index (χ0v) is 17.3. The molecule has 2 amide bonds. The summed E-state index contributed by atoms with van der Waals surface area (Å²) in [5.74, 6) is 0.353. The van der Waals surface area contributed by atoms with Crippen molar-refractivity contribution in [2.75, 3.05) is 32.8 Å². The third-order valence-corrected chi connectivity index (χ3v) is 5.25. The lowest BCUT2D eigenvalue weighted by molar-refractivity contribution is -0.139. The Morgan fingerprint density at radius 2 is 1.76 bits per heavy atom. The second-order valence-electron chi connectivity index (χ2n) is 7.34. The monoisotopic (exact) mass is 401 g/mol. The molecule has 2 aliphatic rings. The molecule has 1 aromatic rings. The van der Waals surface area contributed by atoms with E-state index in [9.17, 15) is 9.59 Å². The Morgan fingerprint density at radius 1 is 1.07 bits per heavy atom. The van der Waals surface area contributed by atoms with E-state index in [0.717, 1.165) is 37.2 Å². The van der Waals surface area contributed by atoms with Crippen molar-refractivity contribution >= 4 is 12.0 Å². The molecule has 0 radical (unpaired) electrons. The molecule has 2 N–H and O–H groups in total. The zero-order valence-electron chi connectivity index (χ0n) is 17.3. The number of urea groups is 1. The van der Waals surface area contributed by atoms with Gasteiger partial charge < -0.3 is 20.1 Å². The molecule has 0 spiro atoms. The molecule has 2 heterocycles. The summed E-state index contributed by atoms with van der Waals surface area (Å²) in [7, 11) is 0. The summed E-state index contributed by atoms with van der Waals surface area (Å²) >= 11 is 0. The van der Waals surface area contributed by atoms with Gasteiger partial charge in [0.2, 0.25) is 0 Å². The van der Waals surface area contributed by atoms with Gasteiger partial charge >= 0.3 is 12.0 Å². The van der Waals surface area contributed by atoms with Crippen molar-refractivity contribution in [3.63, 3.8) is 0 Å². The van der Waals surface area contributed by atoms with E-state index >= 15 is 0 Å². The minimum atomic E-state index is -0.555. The van der Waals surface area contributed by atoms with Crippen LogP contribution in [-0.4, -0.2) is 49.7 Å². The third kappa shape index (κ3) is 5.50. The number of nitrogens with zero attached hydrogens (tertiary/aromatic N) is 1. The van der Waals surface area contributed by atoms with Gasteiger partial charge in [0.05, 0.1) is 24.8 Å². The largest absolute Gasteiger partial charge is 0.494 e. The Labute approximate surface area is 172 Å². The number of hydrogen-bond acceptors (Lipinski definition) is 5. The minimum absolute atomic E-state index is 0.281. The highest BCUT2D eigenvalue weighted by atomic mass is 16.5. The van der Waals surface area contributed by atoms with E-state index in [1.807, 2.05) is 31.2 Å². The molecular weight excluding hydrogens is 370 g/mol. The number of likely N-dealkylation sites (tertiary alicyclic amines) is 1. The van der Waals surface area contributed by atoms with Crippen molar-refractivity contribution in [1.82, 2.24) is 15.5 Å². The summed E-state index contributed by atoms with van der Waals surface area (Å²) in [6.07, 6.45) is 4.72. The zero-order chi connectivity index (χ0) is 20.6. The van der Waals surface area contributed by atoms with E-state index in [1.165, 1.54) is 12.8 Å². The van der Waals surface area contributed by atoms with Crippen LogP contribution in [0.2, 0.25) is 0 Å². The fourth-order valence-corrected chi connectivity index (χ4v) is 3.88. The van der Waals surface area contributed by atoms with Crippen LogP contribution in [0.5, 0.6) is 5.75 Å². The average Bonchev–Trinajstić information content (AvgIpc) is 2.97. The Balaban J connectivity index is 1.93. The first-order chi connectivity index (χ1) is 14.1. The third-order valence-electron chi connectivity index (χ3n) is 5.25. The minimum Gasteiger partial charge on any atom is -0.494 e. The SMILES string of the molecule is CCOC(=O)C1=C(CN2CCCCCC2)NC(=O)N[C@H]1c1ccc(OCC)cc1. The summed E-state index contributed by atoms with van der Waals surface area (Å²) in [6, 6.07) is 6.60. The summed E-state index contributed by atoms with van der Waals surface area (Å²) in [4.78, 5) is 27.6. The van der Waals surface area contributed by atoms with Gasteiger partial charge in [0, 0.05) is 12.2 Å². The van der Waals surface area contributed by atoms with Gasteiger partial charge in [0.25, 0.3) is 0 Å². The second kappa shape index (κ2) is 10.3. The molecular formula is C22H31N3O4. The molecule has 0 saturated carbocycles. The smallest absolute Gasteiger partial charge is 0.338 e. The van der Waals surface area contributed by atoms with E-state index in [1.54, 1.807) is 6.92 Å². The molecule has 7 heteroatoms. The Hall–Kier alpha value is -2.54. The van der Waals surface area contributed by atoms with Gasteiger partial charge in [0.1, 0.15) is 5.75 Å². The Bertz CT molecular complexity index is 737. The van der Waals surface area contributed by atoms with Crippen LogP contribution in [0.1, 0.15) is 51.1 Å². The maximum absolute atomic E-state index is 12.9. The van der Waals surface area contributed by atoms with E-state index < -0.39 is 12.0 Å². The molecule has 1 aromatic carbocycles. The molecule has 158 valence electrons. The Morgan fingerprint density at radius 3 is 2.38 bits per heavy atom. The van der Waals surface area contributed by atoms with Gasteiger partial charge in [-0.3, -0.25) is 4.90 Å². The first-order valence-electron chi connectivity index (χ1n) is 10.5. The van der Waals surface area contributed by atoms with Gasteiger partial charge in [0.15, 0.2) is 0 Å². The molecule has 0 aromatic heterocycles. The van der Waals surface area contributed by atoms with Gasteiger partial charge in [-0.05, 0) is 57.5 Å². The van der Waals surface area contributed by atoms with Gasteiger partial charge in [-0.2, -0.15) is 0 Å². The van der Waals surface area contributed by atoms with Gasteiger partial charge in [-0.25, -0.2) is 9.59 Å². The summed E-state index contributed by atoms with van der Waals surface area (Å²) < 4.78 is 10.8. The number of nitrogens with one attached hydrogen (secondary N) is 2. The molecule has 29 heavy (non-hydrogen) atoms. The maximum Gasteiger partial charge on any atom is 0.338 e. The number of rotatable bonds is 7. The highest BCUT2D eigenvalue weighted by molar-refractivity contribution is 5.95. The first-order valence-corrected chi connectivity index (χ1v) is 10.5. The van der Waals surface area contributed by atoms with E-state index in [4.69, 9.17) is 9.47 Å². The van der Waals surface area contributed by atoms with E-state index in [2.05, 4.69) is 15.5 Å². The van der Waals surface area contributed by atoms with Crippen LogP contribution >= 0.6 is 0 Å². The van der Waals surface area contributed by atoms with Crippen LogP contribution in [0.4, 0.5) is 4.79 Å². The molecule has 0 unspecified atom stereocenters. The van der Waals surface area contributed by atoms with Crippen molar-refractivity contribution in [3.8, 4) is 5.75 Å². The van der Waals surface area contributed by atoms with Gasteiger partial charge in [-0.15, -0.1) is 0 Å². The normalized spacial score (nSPS) is 20.5. The lowest BCUT2D eigenvalue weighted by Crippen LogP contribution is -2.48. The average molecular weight is 402 g/mol. The number of benzene rings is 1. The van der Waals surface area contributed by atoms with Gasteiger partial charge in [-0.1, -0.05) is 25.0 Å². The van der Waals surface area contributed by atoms with E-state index in [-0.39, 0.29) is 12.6 Å². The summed E-state index contributed by atoms with van der Waals surface area (Å²) in [5.41, 5.74) is 1.92. The number of carbonyl (C=O) groups excluding carboxylic acids is 2. The predicted octanol–water partition coefficient (Wildman–Crippen LogP) is 3.13. The predicted molar refractivity (Wildman–Crippen MR) is 111 cm³/mol. The quantitative estimate of drug-likeness (QED) is 0.686. The fraction of sp³-hybridized carbons (Fsp3) is 0.545. The van der Waals surface area contributed by atoms with Crippen LogP contribution in [0.3, 0.4) is 0 Å². The number of ether oxygens (including phenoxy) is 2. The lowest BCUT2D eigenvalue weighted by Gasteiger charge is -2.32. The fourth-order valence-electron chi connectivity index (χ4n) is 3.88. The summed E-state index contributed by atoms with van der Waals surface area (Å²) in [5, 5.41) is 5.75. The van der Waals surface area contributed by atoms with Crippen LogP contribution < -0.4 is 15.4 Å². The summed E-state index contributed by atoms with van der Waals surface area (Å²) in [6.45, 7) is 7.05. The highest BCUT2D eigenvalue weighted by Crippen LogP contribution is 2.29. The second-order valence-corrected chi connectivity index (χ2v) is 7.34. The molecule has 0 aliphatic carbocycles. The number of hydrogen-bond donors (Lipinski definition) is 2. The topological polar surface area (TPSA) is 79.9 Å². The van der Waals surface area contributed by atoms with Crippen molar-refractivity contribution in [2.45, 2.75) is 45.6 Å². The van der Waals surface area contributed by atoms with Crippen LogP contribution in [0.25, 0.3) is 0 Å². The van der Waals surface area contributed by atoms with Crippen molar-refractivity contribution < 1.29 is 19.1 Å².